The Kier molecular flexibility index (Phi) is 4.68. The second kappa shape index (κ2) is 7.43. The third-order valence-corrected chi connectivity index (χ3v) is 5.06. The summed E-state index contributed by atoms with van der Waals surface area (Å²) in [5, 5.41) is 26.8. The number of benzene rings is 2. The molecule has 2 aromatic heterocycles. The highest BCUT2D eigenvalue weighted by Crippen LogP contribution is 2.22. The minimum Gasteiger partial charge on any atom is -0.312 e. The maximum Gasteiger partial charge on any atom is 0.191 e. The average molecular weight is 373 g/mol. The fourth-order valence-corrected chi connectivity index (χ4v) is 3.42. The third kappa shape index (κ3) is 3.73. The van der Waals surface area contributed by atoms with Crippen molar-refractivity contribution in [1.82, 2.24) is 29.8 Å². The van der Waals surface area contributed by atoms with E-state index in [4.69, 9.17) is 5.26 Å². The summed E-state index contributed by atoms with van der Waals surface area (Å²) in [6, 6.07) is 17.6. The van der Waals surface area contributed by atoms with Crippen LogP contribution in [0.1, 0.15) is 11.1 Å². The zero-order valence-electron chi connectivity index (χ0n) is 14.5. The molecule has 0 fully saturated rings. The van der Waals surface area contributed by atoms with Crippen molar-refractivity contribution in [3.8, 4) is 23.0 Å². The van der Waals surface area contributed by atoms with Crippen molar-refractivity contribution in [3.63, 3.8) is 0 Å². The Morgan fingerprint density at radius 1 is 1.15 bits per heavy atom. The molecule has 7 nitrogen and oxygen atoms in total. The van der Waals surface area contributed by atoms with Gasteiger partial charge in [0.05, 0.1) is 23.5 Å². The van der Waals surface area contributed by atoms with Crippen LogP contribution in [0.2, 0.25) is 0 Å². The van der Waals surface area contributed by atoms with Crippen LogP contribution in [-0.2, 0) is 12.8 Å². The van der Waals surface area contributed by atoms with Gasteiger partial charge in [-0.25, -0.2) is 0 Å². The molecule has 4 rings (SSSR count). The van der Waals surface area contributed by atoms with E-state index in [-0.39, 0.29) is 0 Å². The van der Waals surface area contributed by atoms with Crippen molar-refractivity contribution in [2.75, 3.05) is 0 Å². The first kappa shape index (κ1) is 17.0. The number of hydrogen-bond acceptors (Lipinski definition) is 6. The lowest BCUT2D eigenvalue weighted by Crippen LogP contribution is -1.99. The van der Waals surface area contributed by atoms with Crippen molar-refractivity contribution < 1.29 is 0 Å². The number of aromatic nitrogens is 6. The molecule has 8 heteroatoms. The Balaban J connectivity index is 1.55. The van der Waals surface area contributed by atoms with Crippen molar-refractivity contribution in [1.29, 1.82) is 5.26 Å². The summed E-state index contributed by atoms with van der Waals surface area (Å²) >= 11 is 1.63. The number of rotatable bonds is 5. The highest BCUT2D eigenvalue weighted by molar-refractivity contribution is 7.98. The predicted molar refractivity (Wildman–Crippen MR) is 102 cm³/mol. The van der Waals surface area contributed by atoms with Crippen LogP contribution < -0.4 is 0 Å². The van der Waals surface area contributed by atoms with E-state index in [0.29, 0.717) is 5.56 Å². The van der Waals surface area contributed by atoms with Gasteiger partial charge in [0.25, 0.3) is 0 Å². The Hall–Kier alpha value is -3.44. The van der Waals surface area contributed by atoms with Crippen LogP contribution in [0.5, 0.6) is 0 Å². The minimum atomic E-state index is 0.602. The average Bonchev–Trinajstić information content (AvgIpc) is 3.36. The van der Waals surface area contributed by atoms with Gasteiger partial charge in [-0.3, -0.25) is 0 Å². The molecule has 0 saturated carbocycles. The highest BCUT2D eigenvalue weighted by atomic mass is 32.2. The summed E-state index contributed by atoms with van der Waals surface area (Å²) in [6.45, 7) is 0. The molecular formula is C19H15N7S. The molecule has 0 unspecified atom stereocenters. The summed E-state index contributed by atoms with van der Waals surface area (Å²) in [6.07, 6.45) is 3.40. The lowest BCUT2D eigenvalue weighted by molar-refractivity contribution is 0.753. The topological polar surface area (TPSA) is 85.2 Å². The first-order valence-corrected chi connectivity index (χ1v) is 9.20. The van der Waals surface area contributed by atoms with Crippen LogP contribution in [0.15, 0.2) is 66.2 Å². The second-order valence-electron chi connectivity index (χ2n) is 5.89. The number of nitriles is 1. The fourth-order valence-electron chi connectivity index (χ4n) is 2.59. The van der Waals surface area contributed by atoms with Crippen LogP contribution in [-0.4, -0.2) is 29.8 Å². The SMILES string of the molecule is Cn1cnnc1SCc1cccc(-n2ncc(-c3cccc(C#N)c3)n2)c1. The summed E-state index contributed by atoms with van der Waals surface area (Å²) in [5.74, 6) is 0.777. The first-order chi connectivity index (χ1) is 13.2. The molecule has 27 heavy (non-hydrogen) atoms. The van der Waals surface area contributed by atoms with Crippen molar-refractivity contribution in [2.45, 2.75) is 10.9 Å². The highest BCUT2D eigenvalue weighted by Gasteiger charge is 2.08. The summed E-state index contributed by atoms with van der Waals surface area (Å²) in [5.41, 5.74) is 4.23. The van der Waals surface area contributed by atoms with Gasteiger partial charge in [0.1, 0.15) is 12.0 Å². The van der Waals surface area contributed by atoms with Crippen molar-refractivity contribution in [2.24, 2.45) is 7.05 Å². The van der Waals surface area contributed by atoms with Gasteiger partial charge in [-0.1, -0.05) is 36.0 Å². The molecule has 0 saturated heterocycles. The van der Waals surface area contributed by atoms with E-state index in [1.165, 1.54) is 0 Å². The standard InChI is InChI=1S/C19H15N7S/c1-25-13-21-23-19(25)27-12-15-5-3-7-17(9-15)26-22-11-18(24-26)16-6-2-4-14(8-16)10-20/h2-9,11,13H,12H2,1H3. The monoisotopic (exact) mass is 373 g/mol. The molecule has 0 atom stereocenters. The molecule has 0 bridgehead atoms. The smallest absolute Gasteiger partial charge is 0.191 e. The molecule has 0 spiro atoms. The molecule has 4 aromatic rings. The zero-order chi connectivity index (χ0) is 18.6. The molecule has 2 aromatic carbocycles. The van der Waals surface area contributed by atoms with E-state index in [2.05, 4.69) is 38.6 Å². The molecule has 0 N–H and O–H groups in total. The maximum absolute atomic E-state index is 9.06. The Bertz CT molecular complexity index is 1120. The molecule has 0 radical (unpaired) electrons. The van der Waals surface area contributed by atoms with Gasteiger partial charge < -0.3 is 4.57 Å². The normalized spacial score (nSPS) is 10.7. The van der Waals surface area contributed by atoms with Crippen LogP contribution in [0, 0.1) is 11.3 Å². The summed E-state index contributed by atoms with van der Waals surface area (Å²) in [4.78, 5) is 1.60. The molecule has 2 heterocycles. The minimum absolute atomic E-state index is 0.602. The van der Waals surface area contributed by atoms with Gasteiger partial charge >= 0.3 is 0 Å². The number of thioether (sulfide) groups is 1. The summed E-state index contributed by atoms with van der Waals surface area (Å²) in [7, 11) is 1.93. The van der Waals surface area contributed by atoms with Crippen molar-refractivity contribution in [3.05, 3.63) is 72.2 Å². The van der Waals surface area contributed by atoms with Gasteiger partial charge in [-0.15, -0.1) is 15.3 Å². The molecule has 0 aliphatic heterocycles. The number of nitrogens with zero attached hydrogens (tertiary/aromatic N) is 7. The van der Waals surface area contributed by atoms with Crippen LogP contribution in [0.25, 0.3) is 16.9 Å². The van der Waals surface area contributed by atoms with Gasteiger partial charge in [0.2, 0.25) is 0 Å². The first-order valence-electron chi connectivity index (χ1n) is 8.22. The van der Waals surface area contributed by atoms with Crippen molar-refractivity contribution >= 4 is 11.8 Å². The Morgan fingerprint density at radius 2 is 2.04 bits per heavy atom. The molecule has 0 aliphatic carbocycles. The van der Waals surface area contributed by atoms with Gasteiger partial charge in [0, 0.05) is 18.4 Å². The van der Waals surface area contributed by atoms with E-state index in [1.807, 2.05) is 41.9 Å². The van der Waals surface area contributed by atoms with E-state index in [0.717, 1.165) is 33.4 Å². The zero-order valence-corrected chi connectivity index (χ0v) is 15.3. The van der Waals surface area contributed by atoms with Crippen LogP contribution in [0.4, 0.5) is 0 Å². The van der Waals surface area contributed by atoms with E-state index < -0.39 is 0 Å². The molecular weight excluding hydrogens is 358 g/mol. The predicted octanol–water partition coefficient (Wildman–Crippen LogP) is 3.23. The Morgan fingerprint density at radius 3 is 2.85 bits per heavy atom. The number of aryl methyl sites for hydroxylation is 1. The third-order valence-electron chi connectivity index (χ3n) is 3.96. The van der Waals surface area contributed by atoms with Crippen LogP contribution in [0.3, 0.4) is 0 Å². The summed E-state index contributed by atoms with van der Waals surface area (Å²) < 4.78 is 1.89. The molecule has 132 valence electrons. The van der Waals surface area contributed by atoms with Gasteiger partial charge in [-0.05, 0) is 29.8 Å². The van der Waals surface area contributed by atoms with Crippen LogP contribution >= 0.6 is 11.8 Å². The molecule has 0 aliphatic rings. The largest absolute Gasteiger partial charge is 0.312 e. The molecule has 0 amide bonds. The van der Waals surface area contributed by atoms with E-state index in [9.17, 15) is 0 Å². The van der Waals surface area contributed by atoms with Gasteiger partial charge in [-0.2, -0.15) is 15.2 Å². The quantitative estimate of drug-likeness (QED) is 0.499. The maximum atomic E-state index is 9.06. The lowest BCUT2D eigenvalue weighted by Gasteiger charge is -2.04. The van der Waals surface area contributed by atoms with E-state index in [1.54, 1.807) is 35.1 Å². The Labute approximate surface area is 160 Å². The van der Waals surface area contributed by atoms with E-state index >= 15 is 0 Å². The second-order valence-corrected chi connectivity index (χ2v) is 6.84. The lowest BCUT2D eigenvalue weighted by atomic mass is 10.1. The van der Waals surface area contributed by atoms with Gasteiger partial charge in [0.15, 0.2) is 5.16 Å². The fraction of sp³-hybridized carbons (Fsp3) is 0.105. The number of hydrogen-bond donors (Lipinski definition) is 0.